The highest BCUT2D eigenvalue weighted by Gasteiger charge is 2.54. The summed E-state index contributed by atoms with van der Waals surface area (Å²) in [5, 5.41) is 28.9. The molecule has 48 heavy (non-hydrogen) atoms. The minimum absolute atomic E-state index is 0.0500. The number of guanidine groups is 1. The van der Waals surface area contributed by atoms with Crippen molar-refractivity contribution in [3.63, 3.8) is 0 Å². The van der Waals surface area contributed by atoms with Crippen LogP contribution in [0.15, 0.2) is 82.1 Å². The molecule has 5 amide bonds. The molecule has 0 radical (unpaired) electrons. The normalized spacial score (nSPS) is 18.1. The van der Waals surface area contributed by atoms with Crippen LogP contribution in [0.4, 0.5) is 4.79 Å². The number of nitrogens with two attached hydrogens (primary N) is 2. The zero-order chi connectivity index (χ0) is 34.4. The van der Waals surface area contributed by atoms with Crippen LogP contribution in [0.3, 0.4) is 0 Å². The van der Waals surface area contributed by atoms with E-state index in [1.54, 1.807) is 67.7 Å². The Morgan fingerprint density at radius 3 is 2.38 bits per heavy atom. The van der Waals surface area contributed by atoms with E-state index in [4.69, 9.17) is 11.5 Å². The van der Waals surface area contributed by atoms with E-state index in [-0.39, 0.29) is 23.6 Å². The summed E-state index contributed by atoms with van der Waals surface area (Å²) in [6, 6.07) is 12.7. The third-order valence-electron chi connectivity index (χ3n) is 7.31. The summed E-state index contributed by atoms with van der Waals surface area (Å²) >= 11 is 2.54. The van der Waals surface area contributed by atoms with Crippen LogP contribution in [0.5, 0.6) is 0 Å². The standard InChI is InChI=1S/C29H31N11O6S2/c1-39-29(36-37-38-39)48-14-17-13-47-25-20(24(43)40(25)21(17)26(44)45)34-23(42)19(16-10-6-3-7-11-16)33-22(41)18(32-28(46)35-27(30)31)12-15-8-4-2-5-9-15/h2-11,18-20,25H,12-14H2,1H3,(H,33,41)(H,34,42)(H,44,45)(H5,30,31,32,35,46)/t18-,19?,20+,25+/m0/s1. The third-order valence-corrected chi connectivity index (χ3v) is 9.75. The highest BCUT2D eigenvalue weighted by molar-refractivity contribution is 8.01. The Morgan fingerprint density at radius 1 is 1.06 bits per heavy atom. The molecule has 0 bridgehead atoms. The largest absolute Gasteiger partial charge is 0.477 e. The van der Waals surface area contributed by atoms with Gasteiger partial charge in [-0.25, -0.2) is 14.3 Å². The SMILES string of the molecule is Cn1nnnc1SCC1=C(C(=O)O)N2C(=O)[C@@H](NC(=O)C(NC(=O)[C@H](Cc3ccccc3)NC(=O)N=C(N)N)c3ccccc3)[C@H]2SC1. The number of thioether (sulfide) groups is 2. The Hall–Kier alpha value is -5.43. The van der Waals surface area contributed by atoms with Crippen molar-refractivity contribution in [2.45, 2.75) is 35.1 Å². The van der Waals surface area contributed by atoms with Crippen molar-refractivity contribution >= 4 is 59.2 Å². The van der Waals surface area contributed by atoms with E-state index in [9.17, 15) is 29.1 Å². The molecule has 3 aromatic rings. The fourth-order valence-electron chi connectivity index (χ4n) is 5.07. The zero-order valence-corrected chi connectivity index (χ0v) is 27.0. The highest BCUT2D eigenvalue weighted by atomic mass is 32.2. The minimum atomic E-state index is -1.28. The molecule has 250 valence electrons. The van der Waals surface area contributed by atoms with E-state index < -0.39 is 59.2 Å². The number of aryl methyl sites for hydroxylation is 1. The number of urea groups is 1. The van der Waals surface area contributed by atoms with Crippen LogP contribution in [0.25, 0.3) is 0 Å². The van der Waals surface area contributed by atoms with Crippen LogP contribution in [0, 0.1) is 0 Å². The van der Waals surface area contributed by atoms with Crippen molar-refractivity contribution in [2.75, 3.05) is 11.5 Å². The Morgan fingerprint density at radius 2 is 1.75 bits per heavy atom. The van der Waals surface area contributed by atoms with Crippen molar-refractivity contribution in [3.05, 3.63) is 83.1 Å². The Labute approximate surface area is 281 Å². The third kappa shape index (κ3) is 7.74. The van der Waals surface area contributed by atoms with Gasteiger partial charge in [0, 0.05) is 25.0 Å². The molecule has 0 spiro atoms. The number of carbonyl (C=O) groups is 5. The second-order valence-electron chi connectivity index (χ2n) is 10.6. The summed E-state index contributed by atoms with van der Waals surface area (Å²) in [6.45, 7) is 0. The smallest absolute Gasteiger partial charge is 0.352 e. The molecule has 0 aliphatic carbocycles. The number of aliphatic imine (C=N–C) groups is 1. The first-order chi connectivity index (χ1) is 23.0. The maximum atomic E-state index is 13.8. The predicted molar refractivity (Wildman–Crippen MR) is 175 cm³/mol. The molecule has 2 aromatic carbocycles. The molecule has 1 unspecified atom stereocenters. The summed E-state index contributed by atoms with van der Waals surface area (Å²) in [6.07, 6.45) is 0.0500. The first kappa shape index (κ1) is 33.9. The van der Waals surface area contributed by atoms with Gasteiger partial charge in [0.15, 0.2) is 5.96 Å². The molecular formula is C29H31N11O6S2. The monoisotopic (exact) mass is 693 g/mol. The molecule has 8 N–H and O–H groups in total. The van der Waals surface area contributed by atoms with E-state index in [2.05, 4.69) is 36.5 Å². The Bertz CT molecular complexity index is 1760. The summed E-state index contributed by atoms with van der Waals surface area (Å²) in [7, 11) is 1.66. The van der Waals surface area contributed by atoms with Crippen LogP contribution < -0.4 is 27.4 Å². The number of carboxylic acids is 1. The molecule has 1 saturated heterocycles. The van der Waals surface area contributed by atoms with Gasteiger partial charge in [-0.3, -0.25) is 19.3 Å². The van der Waals surface area contributed by atoms with Crippen molar-refractivity contribution in [1.29, 1.82) is 0 Å². The summed E-state index contributed by atoms with van der Waals surface area (Å²) in [4.78, 5) is 70.1. The van der Waals surface area contributed by atoms with Crippen LogP contribution in [0.1, 0.15) is 17.2 Å². The molecular weight excluding hydrogens is 663 g/mol. The molecule has 5 rings (SSSR count). The van der Waals surface area contributed by atoms with Crippen LogP contribution in [-0.2, 0) is 32.6 Å². The summed E-state index contributed by atoms with van der Waals surface area (Å²) < 4.78 is 1.45. The lowest BCUT2D eigenvalue weighted by atomic mass is 10.00. The van der Waals surface area contributed by atoms with Gasteiger partial charge in [-0.05, 0) is 27.1 Å². The first-order valence-electron chi connectivity index (χ1n) is 14.4. The molecule has 17 nitrogen and oxygen atoms in total. The van der Waals surface area contributed by atoms with Gasteiger partial charge in [0.05, 0.1) is 0 Å². The van der Waals surface area contributed by atoms with E-state index in [1.807, 2.05) is 0 Å². The number of aromatic nitrogens is 4. The number of β-lactam (4-membered cyclic amide) rings is 1. The van der Waals surface area contributed by atoms with Gasteiger partial charge in [-0.2, -0.15) is 4.99 Å². The van der Waals surface area contributed by atoms with Gasteiger partial charge in [0.25, 0.3) is 5.91 Å². The number of nitrogens with zero attached hydrogens (tertiary/aromatic N) is 6. The topological polar surface area (TPSA) is 253 Å². The number of nitrogens with one attached hydrogen (secondary N) is 3. The minimum Gasteiger partial charge on any atom is -0.477 e. The average molecular weight is 694 g/mol. The average Bonchev–Trinajstić information content (AvgIpc) is 3.48. The molecule has 2 aliphatic rings. The summed E-state index contributed by atoms with van der Waals surface area (Å²) in [5.41, 5.74) is 12.1. The molecule has 2 aliphatic heterocycles. The van der Waals surface area contributed by atoms with E-state index in [0.29, 0.717) is 21.9 Å². The number of carboxylic acid groups (broad SMARTS) is 1. The number of tetrazole rings is 1. The number of benzene rings is 2. The van der Waals surface area contributed by atoms with E-state index in [0.717, 1.165) is 4.90 Å². The zero-order valence-electron chi connectivity index (χ0n) is 25.3. The second kappa shape index (κ2) is 15.0. The highest BCUT2D eigenvalue weighted by Crippen LogP contribution is 2.41. The number of fused-ring (bicyclic) bond motifs is 1. The fraction of sp³-hybridized carbons (Fsp3) is 0.276. The number of amides is 5. The first-order valence-corrected chi connectivity index (χ1v) is 16.4. The van der Waals surface area contributed by atoms with Crippen molar-refractivity contribution in [2.24, 2.45) is 23.5 Å². The number of aliphatic carboxylic acids is 1. The molecule has 4 atom stereocenters. The summed E-state index contributed by atoms with van der Waals surface area (Å²) in [5.74, 6) is -3.27. The van der Waals surface area contributed by atoms with Crippen LogP contribution >= 0.6 is 23.5 Å². The Balaban J connectivity index is 1.33. The predicted octanol–water partition coefficient (Wildman–Crippen LogP) is -0.507. The van der Waals surface area contributed by atoms with E-state index in [1.165, 1.54) is 28.2 Å². The van der Waals surface area contributed by atoms with Gasteiger partial charge >= 0.3 is 12.0 Å². The number of rotatable bonds is 12. The van der Waals surface area contributed by atoms with Gasteiger partial charge in [0.1, 0.15) is 29.2 Å². The number of carbonyl (C=O) groups excluding carboxylic acids is 4. The van der Waals surface area contributed by atoms with Gasteiger partial charge < -0.3 is 32.5 Å². The van der Waals surface area contributed by atoms with Gasteiger partial charge in [-0.1, -0.05) is 72.4 Å². The molecule has 3 heterocycles. The molecule has 0 saturated carbocycles. The van der Waals surface area contributed by atoms with Crippen LogP contribution in [-0.4, -0.2) is 94.9 Å². The second-order valence-corrected chi connectivity index (χ2v) is 12.7. The molecule has 1 aromatic heterocycles. The maximum absolute atomic E-state index is 13.8. The van der Waals surface area contributed by atoms with Crippen LogP contribution in [0.2, 0.25) is 0 Å². The van der Waals surface area contributed by atoms with Crippen molar-refractivity contribution in [3.8, 4) is 0 Å². The lowest BCUT2D eigenvalue weighted by Crippen LogP contribution is -2.71. The number of hydrogen-bond donors (Lipinski definition) is 6. The van der Waals surface area contributed by atoms with Gasteiger partial charge in [0.2, 0.25) is 17.0 Å². The molecule has 19 heteroatoms. The van der Waals surface area contributed by atoms with Gasteiger partial charge in [-0.15, -0.1) is 16.9 Å². The lowest BCUT2D eigenvalue weighted by Gasteiger charge is -2.49. The van der Waals surface area contributed by atoms with Crippen molar-refractivity contribution < 1.29 is 29.1 Å². The van der Waals surface area contributed by atoms with Crippen molar-refractivity contribution in [1.82, 2.24) is 41.1 Å². The van der Waals surface area contributed by atoms with E-state index >= 15 is 0 Å². The lowest BCUT2D eigenvalue weighted by molar-refractivity contribution is -0.151. The quantitative estimate of drug-likeness (QED) is 0.0606. The molecule has 1 fully saturated rings. The fourth-order valence-corrected chi connectivity index (χ4v) is 7.41. The Kier molecular flexibility index (Phi) is 10.6. The maximum Gasteiger partial charge on any atom is 0.352 e. The number of hydrogen-bond acceptors (Lipinski definition) is 10.